The zero-order valence-corrected chi connectivity index (χ0v) is 11.6. The van der Waals surface area contributed by atoms with Crippen molar-refractivity contribution in [3.05, 3.63) is 62.7 Å². The number of ether oxygens (including phenoxy) is 1. The molecule has 0 aromatic heterocycles. The molecule has 21 heavy (non-hydrogen) atoms. The lowest BCUT2D eigenvalue weighted by Gasteiger charge is -2.10. The Morgan fingerprint density at radius 3 is 2.62 bits per heavy atom. The summed E-state index contributed by atoms with van der Waals surface area (Å²) in [6.07, 6.45) is 0. The van der Waals surface area contributed by atoms with Crippen LogP contribution in [0.3, 0.4) is 0 Å². The number of carbonyl (C=O) groups is 1. The molecule has 0 aliphatic rings. The number of carboxylic acids is 1. The fraction of sp³-hybridized carbons (Fsp3) is 0.0714. The highest BCUT2D eigenvalue weighted by molar-refractivity contribution is 6.30. The van der Waals surface area contributed by atoms with E-state index in [2.05, 4.69) is 0 Å². The summed E-state index contributed by atoms with van der Waals surface area (Å²) in [6, 6.07) is 8.54. The predicted molar refractivity (Wildman–Crippen MR) is 76.3 cm³/mol. The van der Waals surface area contributed by atoms with Crippen molar-refractivity contribution >= 4 is 23.3 Å². The molecule has 7 heteroatoms. The first-order chi connectivity index (χ1) is 9.90. The molecule has 6 nitrogen and oxygen atoms in total. The van der Waals surface area contributed by atoms with Crippen LogP contribution in [0.1, 0.15) is 15.9 Å². The van der Waals surface area contributed by atoms with Crippen molar-refractivity contribution in [3.8, 4) is 11.5 Å². The quantitative estimate of drug-likeness (QED) is 0.680. The molecule has 0 atom stereocenters. The molecule has 108 valence electrons. The fourth-order valence-electron chi connectivity index (χ4n) is 1.82. The first kappa shape index (κ1) is 14.8. The summed E-state index contributed by atoms with van der Waals surface area (Å²) < 4.78 is 5.42. The Morgan fingerprint density at radius 2 is 2.00 bits per heavy atom. The number of aromatic carboxylic acids is 1. The number of aryl methyl sites for hydroxylation is 1. The largest absolute Gasteiger partial charge is 0.478 e. The Bertz CT molecular complexity index is 729. The number of nitro benzene ring substituents is 1. The molecule has 0 unspecified atom stereocenters. The van der Waals surface area contributed by atoms with Gasteiger partial charge in [0.25, 0.3) is 0 Å². The van der Waals surface area contributed by atoms with Gasteiger partial charge in [-0.3, -0.25) is 10.1 Å². The summed E-state index contributed by atoms with van der Waals surface area (Å²) in [5.74, 6) is -1.30. The Kier molecular flexibility index (Phi) is 4.09. The van der Waals surface area contributed by atoms with E-state index >= 15 is 0 Å². The van der Waals surface area contributed by atoms with Crippen molar-refractivity contribution in [2.75, 3.05) is 0 Å². The van der Waals surface area contributed by atoms with Gasteiger partial charge in [0.15, 0.2) is 0 Å². The van der Waals surface area contributed by atoms with Gasteiger partial charge in [-0.15, -0.1) is 0 Å². The Balaban J connectivity index is 2.53. The van der Waals surface area contributed by atoms with Gasteiger partial charge in [-0.2, -0.15) is 0 Å². The maximum atomic E-state index is 11.2. The van der Waals surface area contributed by atoms with Crippen LogP contribution >= 0.6 is 11.6 Å². The molecule has 0 saturated heterocycles. The van der Waals surface area contributed by atoms with Gasteiger partial charge in [-0.1, -0.05) is 23.7 Å². The zero-order chi connectivity index (χ0) is 15.6. The van der Waals surface area contributed by atoms with Crippen LogP contribution in [-0.4, -0.2) is 16.0 Å². The number of hydrogen-bond acceptors (Lipinski definition) is 4. The smallest absolute Gasteiger partial charge is 0.339 e. The summed E-state index contributed by atoms with van der Waals surface area (Å²) >= 11 is 5.81. The summed E-state index contributed by atoms with van der Waals surface area (Å²) in [5.41, 5.74) is 0.0698. The van der Waals surface area contributed by atoms with Gasteiger partial charge in [-0.25, -0.2) is 4.79 Å². The lowest BCUT2D eigenvalue weighted by atomic mass is 10.1. The standard InChI is InChI=1S/C14H10ClNO5/c1-8-3-2-4-11(13(8)16(19)20)21-12-7-9(15)5-6-10(12)14(17)18/h2-7H,1H3,(H,17,18). The van der Waals surface area contributed by atoms with Crippen LogP contribution in [0.25, 0.3) is 0 Å². The molecular formula is C14H10ClNO5. The third-order valence-corrected chi connectivity index (χ3v) is 3.01. The average Bonchev–Trinajstić information content (AvgIpc) is 2.37. The number of benzene rings is 2. The number of hydrogen-bond donors (Lipinski definition) is 1. The third kappa shape index (κ3) is 3.11. The maximum Gasteiger partial charge on any atom is 0.339 e. The molecule has 0 spiro atoms. The van der Waals surface area contributed by atoms with Crippen LogP contribution in [-0.2, 0) is 0 Å². The number of nitro groups is 1. The molecule has 1 N–H and O–H groups in total. The van der Waals surface area contributed by atoms with Crippen molar-refractivity contribution in [1.82, 2.24) is 0 Å². The number of para-hydroxylation sites is 1. The highest BCUT2D eigenvalue weighted by Crippen LogP contribution is 2.36. The van der Waals surface area contributed by atoms with Gasteiger partial charge in [0.1, 0.15) is 11.3 Å². The molecule has 0 amide bonds. The van der Waals surface area contributed by atoms with E-state index in [1.54, 1.807) is 19.1 Å². The summed E-state index contributed by atoms with van der Waals surface area (Å²) in [7, 11) is 0. The second kappa shape index (κ2) is 5.80. The van der Waals surface area contributed by atoms with Crippen LogP contribution in [0.5, 0.6) is 11.5 Å². The number of nitrogens with zero attached hydrogens (tertiary/aromatic N) is 1. The normalized spacial score (nSPS) is 10.2. The molecule has 0 aliphatic carbocycles. The topological polar surface area (TPSA) is 89.7 Å². The lowest BCUT2D eigenvalue weighted by molar-refractivity contribution is -0.386. The molecule has 2 rings (SSSR count). The minimum Gasteiger partial charge on any atom is -0.478 e. The first-order valence-electron chi connectivity index (χ1n) is 5.85. The van der Waals surface area contributed by atoms with E-state index < -0.39 is 10.9 Å². The summed E-state index contributed by atoms with van der Waals surface area (Å²) in [4.78, 5) is 21.7. The molecule has 0 radical (unpaired) electrons. The van der Waals surface area contributed by atoms with Crippen LogP contribution < -0.4 is 4.74 Å². The highest BCUT2D eigenvalue weighted by Gasteiger charge is 2.21. The monoisotopic (exact) mass is 307 g/mol. The minimum absolute atomic E-state index is 0.0373. The lowest BCUT2D eigenvalue weighted by Crippen LogP contribution is -2.01. The van der Waals surface area contributed by atoms with Crippen LogP contribution in [0, 0.1) is 17.0 Å². The van der Waals surface area contributed by atoms with Crippen molar-refractivity contribution in [1.29, 1.82) is 0 Å². The van der Waals surface area contributed by atoms with Gasteiger partial charge >= 0.3 is 11.7 Å². The maximum absolute atomic E-state index is 11.2. The van der Waals surface area contributed by atoms with E-state index in [1.807, 2.05) is 0 Å². The van der Waals surface area contributed by atoms with Crippen molar-refractivity contribution in [3.63, 3.8) is 0 Å². The SMILES string of the molecule is Cc1cccc(Oc2cc(Cl)ccc2C(=O)O)c1[N+](=O)[O-]. The third-order valence-electron chi connectivity index (χ3n) is 2.78. The van der Waals surface area contributed by atoms with Gasteiger partial charge < -0.3 is 9.84 Å². The Morgan fingerprint density at radius 1 is 1.29 bits per heavy atom. The van der Waals surface area contributed by atoms with Crippen LogP contribution in [0.2, 0.25) is 5.02 Å². The van der Waals surface area contributed by atoms with E-state index in [0.29, 0.717) is 5.56 Å². The van der Waals surface area contributed by atoms with E-state index in [0.717, 1.165) is 0 Å². The first-order valence-corrected chi connectivity index (χ1v) is 6.22. The van der Waals surface area contributed by atoms with E-state index in [9.17, 15) is 14.9 Å². The fourth-order valence-corrected chi connectivity index (χ4v) is 1.99. The highest BCUT2D eigenvalue weighted by atomic mass is 35.5. The van der Waals surface area contributed by atoms with E-state index in [4.69, 9.17) is 21.4 Å². The summed E-state index contributed by atoms with van der Waals surface area (Å²) in [5, 5.41) is 20.5. The number of rotatable bonds is 4. The van der Waals surface area contributed by atoms with E-state index in [1.165, 1.54) is 24.3 Å². The molecule has 0 bridgehead atoms. The number of halogens is 1. The van der Waals surface area contributed by atoms with Crippen LogP contribution in [0.15, 0.2) is 36.4 Å². The zero-order valence-electron chi connectivity index (χ0n) is 10.9. The molecule has 0 aliphatic heterocycles. The van der Waals surface area contributed by atoms with Gasteiger partial charge in [0, 0.05) is 16.7 Å². The second-order valence-corrected chi connectivity index (χ2v) is 4.66. The number of carboxylic acid groups (broad SMARTS) is 1. The summed E-state index contributed by atoms with van der Waals surface area (Å²) in [6.45, 7) is 1.57. The molecular weight excluding hydrogens is 298 g/mol. The van der Waals surface area contributed by atoms with Gasteiger partial charge in [0.2, 0.25) is 5.75 Å². The van der Waals surface area contributed by atoms with Gasteiger partial charge in [0.05, 0.1) is 4.92 Å². The molecule has 2 aromatic carbocycles. The Hall–Kier alpha value is -2.60. The van der Waals surface area contributed by atoms with Crippen molar-refractivity contribution in [2.45, 2.75) is 6.92 Å². The molecule has 0 saturated carbocycles. The van der Waals surface area contributed by atoms with E-state index in [-0.39, 0.29) is 27.8 Å². The van der Waals surface area contributed by atoms with Crippen molar-refractivity contribution in [2.24, 2.45) is 0 Å². The molecule has 0 heterocycles. The second-order valence-electron chi connectivity index (χ2n) is 4.23. The molecule has 2 aromatic rings. The van der Waals surface area contributed by atoms with Crippen LogP contribution in [0.4, 0.5) is 5.69 Å². The molecule has 0 fully saturated rings. The van der Waals surface area contributed by atoms with Gasteiger partial charge in [-0.05, 0) is 25.1 Å². The Labute approximate surface area is 124 Å². The average molecular weight is 308 g/mol. The van der Waals surface area contributed by atoms with Crippen molar-refractivity contribution < 1.29 is 19.6 Å². The minimum atomic E-state index is -1.21. The predicted octanol–water partition coefficient (Wildman–Crippen LogP) is 4.05.